The number of carbonyl (C=O) groups is 1. The van der Waals surface area contributed by atoms with E-state index in [0.717, 1.165) is 24.3 Å². The number of quaternary nitrogens is 1. The molecular formula is C18H19Cl2NO2. The van der Waals surface area contributed by atoms with Crippen LogP contribution in [0.1, 0.15) is 16.7 Å². The van der Waals surface area contributed by atoms with E-state index in [0.29, 0.717) is 13.1 Å². The molecule has 1 atom stereocenters. The molecule has 3 rings (SSSR count). The van der Waals surface area contributed by atoms with Crippen LogP contribution >= 0.6 is 11.6 Å². The van der Waals surface area contributed by atoms with Gasteiger partial charge in [0.2, 0.25) is 0 Å². The molecule has 122 valence electrons. The summed E-state index contributed by atoms with van der Waals surface area (Å²) in [7, 11) is 1.65. The van der Waals surface area contributed by atoms with Crippen LogP contribution in [0.25, 0.3) is 0 Å². The number of hydrogen-bond acceptors (Lipinski definition) is 2. The van der Waals surface area contributed by atoms with Crippen molar-refractivity contribution in [3.63, 3.8) is 0 Å². The van der Waals surface area contributed by atoms with Gasteiger partial charge in [0, 0.05) is 29.1 Å². The third kappa shape index (κ3) is 3.69. The summed E-state index contributed by atoms with van der Waals surface area (Å²) in [5, 5.41) is -0.287. The molecule has 0 saturated carbocycles. The first-order chi connectivity index (χ1) is 10.6. The normalized spacial score (nSPS) is 19.4. The number of ether oxygens (including phenoxy) is 1. The van der Waals surface area contributed by atoms with Crippen molar-refractivity contribution in [2.75, 3.05) is 13.7 Å². The van der Waals surface area contributed by atoms with Crippen molar-refractivity contribution in [2.45, 2.75) is 19.5 Å². The Balaban J connectivity index is 0.00000192. The standard InChI is InChI=1S/C18H19ClNO2.ClH/c1-22-17-8-6-14(7-9-17)12-20(18(19)21)11-10-15-4-2-3-5-16(15)13-20;/h2-9H,10-13H2,1H3;1H/q+1;/p-1. The lowest BCUT2D eigenvalue weighted by Crippen LogP contribution is -3.00. The molecule has 1 amide bonds. The van der Waals surface area contributed by atoms with Crippen LogP contribution in [-0.2, 0) is 19.5 Å². The number of halogens is 2. The van der Waals surface area contributed by atoms with Gasteiger partial charge in [-0.3, -0.25) is 0 Å². The Kier molecular flexibility index (Phi) is 5.69. The third-order valence-electron chi connectivity index (χ3n) is 4.42. The predicted molar refractivity (Wildman–Crippen MR) is 86.9 cm³/mol. The second kappa shape index (κ2) is 7.35. The number of nitrogens with zero attached hydrogens (tertiary/aromatic N) is 1. The molecule has 0 aliphatic carbocycles. The number of fused-ring (bicyclic) bond motifs is 1. The summed E-state index contributed by atoms with van der Waals surface area (Å²) in [4.78, 5) is 12.2. The highest BCUT2D eigenvalue weighted by atomic mass is 35.5. The minimum absolute atomic E-state index is 0. The van der Waals surface area contributed by atoms with Gasteiger partial charge < -0.3 is 17.1 Å². The number of benzene rings is 2. The van der Waals surface area contributed by atoms with Gasteiger partial charge in [-0.25, -0.2) is 9.28 Å². The number of hydrogen-bond donors (Lipinski definition) is 0. The lowest BCUT2D eigenvalue weighted by Gasteiger charge is -2.37. The van der Waals surface area contributed by atoms with Gasteiger partial charge in [0.05, 0.1) is 13.7 Å². The molecule has 5 heteroatoms. The van der Waals surface area contributed by atoms with Gasteiger partial charge in [0.25, 0.3) is 0 Å². The van der Waals surface area contributed by atoms with Crippen molar-refractivity contribution in [3.8, 4) is 5.75 Å². The summed E-state index contributed by atoms with van der Waals surface area (Å²) in [5.74, 6) is 0.816. The fraction of sp³-hybridized carbons (Fsp3) is 0.278. The number of rotatable bonds is 3. The van der Waals surface area contributed by atoms with Crippen LogP contribution in [-0.4, -0.2) is 23.5 Å². The Morgan fingerprint density at radius 1 is 1.13 bits per heavy atom. The van der Waals surface area contributed by atoms with Gasteiger partial charge in [-0.05, 0) is 29.8 Å². The van der Waals surface area contributed by atoms with Crippen molar-refractivity contribution in [3.05, 3.63) is 65.2 Å². The van der Waals surface area contributed by atoms with Crippen LogP contribution in [0.2, 0.25) is 0 Å². The lowest BCUT2D eigenvalue weighted by molar-refractivity contribution is -0.873. The monoisotopic (exact) mass is 351 g/mol. The average Bonchev–Trinajstić information content (AvgIpc) is 2.55. The Hall–Kier alpha value is -1.55. The smallest absolute Gasteiger partial charge is 0.412 e. The Bertz CT molecular complexity index is 688. The first kappa shape index (κ1) is 17.8. The Morgan fingerprint density at radius 2 is 1.78 bits per heavy atom. The molecule has 0 bridgehead atoms. The molecule has 3 nitrogen and oxygen atoms in total. The van der Waals surface area contributed by atoms with Crippen molar-refractivity contribution < 1.29 is 26.4 Å². The van der Waals surface area contributed by atoms with Crippen LogP contribution < -0.4 is 17.1 Å². The number of amides is 1. The lowest BCUT2D eigenvalue weighted by atomic mass is 9.97. The minimum atomic E-state index is -0.287. The molecule has 2 aromatic rings. The van der Waals surface area contributed by atoms with Gasteiger partial charge in [-0.1, -0.05) is 24.3 Å². The maximum atomic E-state index is 12.2. The van der Waals surface area contributed by atoms with Crippen molar-refractivity contribution in [1.29, 1.82) is 0 Å². The van der Waals surface area contributed by atoms with Crippen molar-refractivity contribution in [2.24, 2.45) is 0 Å². The Labute approximate surface area is 147 Å². The minimum Gasteiger partial charge on any atom is -1.00 e. The summed E-state index contributed by atoms with van der Waals surface area (Å²) in [5.41, 5.74) is 3.63. The average molecular weight is 352 g/mol. The second-order valence-electron chi connectivity index (χ2n) is 5.80. The maximum absolute atomic E-state index is 12.2. The van der Waals surface area contributed by atoms with E-state index in [1.54, 1.807) is 7.11 Å². The molecule has 0 fully saturated rings. The van der Waals surface area contributed by atoms with E-state index in [-0.39, 0.29) is 22.3 Å². The summed E-state index contributed by atoms with van der Waals surface area (Å²) < 4.78 is 5.45. The summed E-state index contributed by atoms with van der Waals surface area (Å²) in [6.07, 6.45) is 0.880. The summed E-state index contributed by atoms with van der Waals surface area (Å²) in [6.45, 7) is 2.01. The van der Waals surface area contributed by atoms with Crippen LogP contribution in [0.15, 0.2) is 48.5 Å². The zero-order chi connectivity index (χ0) is 15.6. The van der Waals surface area contributed by atoms with E-state index in [9.17, 15) is 4.79 Å². The fourth-order valence-corrected chi connectivity index (χ4v) is 3.33. The van der Waals surface area contributed by atoms with E-state index in [1.165, 1.54) is 11.1 Å². The molecule has 1 aliphatic rings. The van der Waals surface area contributed by atoms with Gasteiger partial charge in [0.15, 0.2) is 0 Å². The van der Waals surface area contributed by atoms with Crippen molar-refractivity contribution in [1.82, 2.24) is 0 Å². The number of methoxy groups -OCH3 is 1. The third-order valence-corrected chi connectivity index (χ3v) is 4.78. The zero-order valence-electron chi connectivity index (χ0n) is 13.0. The molecule has 0 saturated heterocycles. The van der Waals surface area contributed by atoms with Crippen LogP contribution in [0.5, 0.6) is 5.75 Å². The first-order valence-electron chi connectivity index (χ1n) is 7.39. The quantitative estimate of drug-likeness (QED) is 0.470. The molecule has 1 unspecified atom stereocenters. The molecule has 0 aromatic heterocycles. The molecule has 2 aromatic carbocycles. The van der Waals surface area contributed by atoms with Gasteiger partial charge in [-0.2, -0.15) is 0 Å². The fourth-order valence-electron chi connectivity index (χ4n) is 3.12. The molecule has 1 heterocycles. The van der Waals surface area contributed by atoms with Crippen LogP contribution in [0.4, 0.5) is 4.79 Å². The SMILES string of the molecule is COc1ccc(C[N+]2(C(=O)Cl)CCc3ccccc3C2)cc1.[Cl-]. The van der Waals surface area contributed by atoms with E-state index in [2.05, 4.69) is 12.1 Å². The van der Waals surface area contributed by atoms with E-state index >= 15 is 0 Å². The maximum Gasteiger partial charge on any atom is 0.412 e. The van der Waals surface area contributed by atoms with Gasteiger partial charge in [0.1, 0.15) is 18.8 Å². The van der Waals surface area contributed by atoms with Gasteiger partial charge in [-0.15, -0.1) is 0 Å². The second-order valence-corrected chi connectivity index (χ2v) is 6.13. The van der Waals surface area contributed by atoms with Crippen LogP contribution in [0.3, 0.4) is 0 Å². The highest BCUT2D eigenvalue weighted by molar-refractivity contribution is 6.60. The summed E-state index contributed by atoms with van der Waals surface area (Å²) in [6, 6.07) is 16.1. The first-order valence-corrected chi connectivity index (χ1v) is 7.77. The molecule has 0 radical (unpaired) electrons. The highest BCUT2D eigenvalue weighted by Gasteiger charge is 2.39. The molecular weight excluding hydrogens is 333 g/mol. The number of carbonyl (C=O) groups excluding carboxylic acids is 1. The van der Waals surface area contributed by atoms with E-state index in [4.69, 9.17) is 16.3 Å². The highest BCUT2D eigenvalue weighted by Crippen LogP contribution is 2.30. The van der Waals surface area contributed by atoms with E-state index < -0.39 is 0 Å². The van der Waals surface area contributed by atoms with Gasteiger partial charge >= 0.3 is 5.37 Å². The molecule has 0 spiro atoms. The molecule has 1 aliphatic heterocycles. The zero-order valence-corrected chi connectivity index (χ0v) is 14.5. The summed E-state index contributed by atoms with van der Waals surface area (Å²) >= 11 is 6.00. The largest absolute Gasteiger partial charge is 1.00 e. The molecule has 0 N–H and O–H groups in total. The Morgan fingerprint density at radius 3 is 2.39 bits per heavy atom. The van der Waals surface area contributed by atoms with E-state index in [1.807, 2.05) is 36.4 Å². The molecule has 23 heavy (non-hydrogen) atoms. The topological polar surface area (TPSA) is 26.3 Å². The predicted octanol–water partition coefficient (Wildman–Crippen LogP) is 1.13. The van der Waals surface area contributed by atoms with Crippen molar-refractivity contribution >= 4 is 17.0 Å². The van der Waals surface area contributed by atoms with Crippen LogP contribution in [0, 0.1) is 0 Å².